The van der Waals surface area contributed by atoms with Crippen molar-refractivity contribution in [3.05, 3.63) is 47.6 Å². The quantitative estimate of drug-likeness (QED) is 0.357. The lowest BCUT2D eigenvalue weighted by atomic mass is 9.99. The molecule has 1 aromatic carbocycles. The van der Waals surface area contributed by atoms with Gasteiger partial charge >= 0.3 is 0 Å². The van der Waals surface area contributed by atoms with E-state index in [-0.39, 0.29) is 29.9 Å². The Morgan fingerprint density at radius 1 is 1.32 bits per heavy atom. The van der Waals surface area contributed by atoms with E-state index in [9.17, 15) is 0 Å². The van der Waals surface area contributed by atoms with E-state index in [2.05, 4.69) is 71.5 Å². The molecule has 28 heavy (non-hydrogen) atoms. The molecule has 3 rings (SSSR count). The molecule has 0 bridgehead atoms. The first-order valence-electron chi connectivity index (χ1n) is 10.0. The van der Waals surface area contributed by atoms with E-state index in [1.165, 1.54) is 12.0 Å². The largest absolute Gasteiger partial charge is 0.357 e. The summed E-state index contributed by atoms with van der Waals surface area (Å²) in [5.74, 6) is 3.40. The minimum Gasteiger partial charge on any atom is -0.357 e. The third kappa shape index (κ3) is 6.46. The summed E-state index contributed by atoms with van der Waals surface area (Å²) in [7, 11) is 0. The number of rotatable bonds is 7. The zero-order chi connectivity index (χ0) is 19.1. The fourth-order valence-electron chi connectivity index (χ4n) is 3.43. The van der Waals surface area contributed by atoms with E-state index in [1.54, 1.807) is 0 Å². The van der Waals surface area contributed by atoms with Crippen molar-refractivity contribution in [3.8, 4) is 0 Å². The molecule has 1 N–H and O–H groups in total. The molecule has 1 fully saturated rings. The molecule has 0 radical (unpaired) electrons. The van der Waals surface area contributed by atoms with Crippen LogP contribution in [0.15, 0.2) is 39.8 Å². The number of likely N-dealkylation sites (tertiary alicyclic amines) is 1. The zero-order valence-electron chi connectivity index (χ0n) is 17.1. The first-order valence-corrected chi connectivity index (χ1v) is 10.0. The van der Waals surface area contributed by atoms with Crippen LogP contribution < -0.4 is 5.32 Å². The van der Waals surface area contributed by atoms with Crippen molar-refractivity contribution in [1.82, 2.24) is 20.4 Å². The molecule has 1 unspecified atom stereocenters. The van der Waals surface area contributed by atoms with E-state index in [4.69, 9.17) is 9.52 Å². The first-order chi connectivity index (χ1) is 13.2. The summed E-state index contributed by atoms with van der Waals surface area (Å²) in [6.45, 7) is 9.88. The van der Waals surface area contributed by atoms with Gasteiger partial charge in [0.1, 0.15) is 0 Å². The highest BCUT2D eigenvalue weighted by molar-refractivity contribution is 14.0. The second kappa shape index (κ2) is 11.4. The summed E-state index contributed by atoms with van der Waals surface area (Å²) < 4.78 is 5.31. The summed E-state index contributed by atoms with van der Waals surface area (Å²) in [4.78, 5) is 11.6. The lowest BCUT2D eigenvalue weighted by Gasteiger charge is -2.21. The molecule has 0 saturated carbocycles. The van der Waals surface area contributed by atoms with Crippen LogP contribution in [0.25, 0.3) is 0 Å². The van der Waals surface area contributed by atoms with Gasteiger partial charge in [0.2, 0.25) is 5.89 Å². The normalized spacial score (nSPS) is 17.1. The molecule has 1 aliphatic heterocycles. The molecule has 1 saturated heterocycles. The number of hydrogen-bond donors (Lipinski definition) is 1. The van der Waals surface area contributed by atoms with Gasteiger partial charge < -0.3 is 14.7 Å². The minimum absolute atomic E-state index is 0. The van der Waals surface area contributed by atoms with Gasteiger partial charge in [-0.3, -0.25) is 4.99 Å². The molecule has 7 heteroatoms. The second-order valence-corrected chi connectivity index (χ2v) is 7.48. The van der Waals surface area contributed by atoms with Gasteiger partial charge in [0.25, 0.3) is 0 Å². The number of halogens is 1. The highest BCUT2D eigenvalue weighted by atomic mass is 127. The van der Waals surface area contributed by atoms with E-state index in [0.717, 1.165) is 37.8 Å². The van der Waals surface area contributed by atoms with Gasteiger partial charge in [-0.25, -0.2) is 0 Å². The summed E-state index contributed by atoms with van der Waals surface area (Å²) in [6.07, 6.45) is 3.02. The van der Waals surface area contributed by atoms with Gasteiger partial charge in [-0.05, 0) is 31.2 Å². The van der Waals surface area contributed by atoms with Crippen molar-refractivity contribution in [2.75, 3.05) is 26.2 Å². The summed E-state index contributed by atoms with van der Waals surface area (Å²) in [5.41, 5.74) is 1.42. The Bertz CT molecular complexity index is 731. The topological polar surface area (TPSA) is 66.5 Å². The summed E-state index contributed by atoms with van der Waals surface area (Å²) in [5, 5.41) is 7.44. The Kier molecular flexibility index (Phi) is 9.21. The number of benzene rings is 1. The number of aromatic nitrogens is 2. The molecular weight excluding hydrogens is 465 g/mol. The smallest absolute Gasteiger partial charge is 0.228 e. The van der Waals surface area contributed by atoms with Gasteiger partial charge in [-0.1, -0.05) is 49.3 Å². The second-order valence-electron chi connectivity index (χ2n) is 7.48. The average Bonchev–Trinajstić information content (AvgIpc) is 3.32. The van der Waals surface area contributed by atoms with Crippen LogP contribution in [0.3, 0.4) is 0 Å². The average molecular weight is 497 g/mol. The SMILES string of the molecule is CCNC(=NCCc1nc(C(C)C)no1)N1CCC(Cc2ccccc2)C1.I. The molecule has 154 valence electrons. The lowest BCUT2D eigenvalue weighted by molar-refractivity contribution is 0.372. The Morgan fingerprint density at radius 2 is 2.11 bits per heavy atom. The molecule has 2 aromatic rings. The maximum absolute atomic E-state index is 5.31. The maximum Gasteiger partial charge on any atom is 0.228 e. The Balaban J connectivity index is 0.00000280. The van der Waals surface area contributed by atoms with Crippen LogP contribution in [0, 0.1) is 5.92 Å². The monoisotopic (exact) mass is 497 g/mol. The molecule has 2 heterocycles. The molecule has 0 spiro atoms. The van der Waals surface area contributed by atoms with Crippen molar-refractivity contribution in [2.24, 2.45) is 10.9 Å². The summed E-state index contributed by atoms with van der Waals surface area (Å²) >= 11 is 0. The predicted molar refractivity (Wildman–Crippen MR) is 123 cm³/mol. The third-order valence-electron chi connectivity index (χ3n) is 4.87. The fourth-order valence-corrected chi connectivity index (χ4v) is 3.43. The van der Waals surface area contributed by atoms with Crippen molar-refractivity contribution in [2.45, 2.75) is 46.0 Å². The van der Waals surface area contributed by atoms with Gasteiger partial charge in [0.05, 0.1) is 6.54 Å². The Morgan fingerprint density at radius 3 is 2.79 bits per heavy atom. The number of nitrogens with zero attached hydrogens (tertiary/aromatic N) is 4. The van der Waals surface area contributed by atoms with Gasteiger partial charge in [0, 0.05) is 32.0 Å². The van der Waals surface area contributed by atoms with E-state index < -0.39 is 0 Å². The highest BCUT2D eigenvalue weighted by Crippen LogP contribution is 2.21. The number of guanidine groups is 1. The number of nitrogens with one attached hydrogen (secondary N) is 1. The summed E-state index contributed by atoms with van der Waals surface area (Å²) in [6, 6.07) is 10.8. The van der Waals surface area contributed by atoms with Crippen LogP contribution >= 0.6 is 24.0 Å². The van der Waals surface area contributed by atoms with Crippen LogP contribution in [-0.4, -0.2) is 47.2 Å². The molecule has 1 aliphatic rings. The number of aliphatic imine (C=N–C) groups is 1. The van der Waals surface area contributed by atoms with Gasteiger partial charge in [-0.2, -0.15) is 4.98 Å². The van der Waals surface area contributed by atoms with E-state index in [0.29, 0.717) is 24.8 Å². The van der Waals surface area contributed by atoms with Crippen LogP contribution in [-0.2, 0) is 12.8 Å². The van der Waals surface area contributed by atoms with E-state index >= 15 is 0 Å². The van der Waals surface area contributed by atoms with Gasteiger partial charge in [-0.15, -0.1) is 24.0 Å². The standard InChI is InChI=1S/C21H31N5O.HI/c1-4-22-21(23-12-10-19-24-20(16(2)3)25-27-19)26-13-11-18(15-26)14-17-8-6-5-7-9-17;/h5-9,16,18H,4,10-15H2,1-3H3,(H,22,23);1H. The van der Waals surface area contributed by atoms with Crippen molar-refractivity contribution in [3.63, 3.8) is 0 Å². The lowest BCUT2D eigenvalue weighted by Crippen LogP contribution is -2.40. The van der Waals surface area contributed by atoms with Crippen molar-refractivity contribution < 1.29 is 4.52 Å². The molecule has 6 nitrogen and oxygen atoms in total. The minimum atomic E-state index is 0. The molecule has 0 aliphatic carbocycles. The van der Waals surface area contributed by atoms with Crippen LogP contribution in [0.5, 0.6) is 0 Å². The zero-order valence-corrected chi connectivity index (χ0v) is 19.4. The predicted octanol–water partition coefficient (Wildman–Crippen LogP) is 3.88. The van der Waals surface area contributed by atoms with Crippen molar-refractivity contribution in [1.29, 1.82) is 0 Å². The molecular formula is C21H32IN5O. The Labute approximate surface area is 185 Å². The van der Waals surface area contributed by atoms with Crippen molar-refractivity contribution >= 4 is 29.9 Å². The maximum atomic E-state index is 5.31. The first kappa shape index (κ1) is 22.6. The molecule has 1 atom stereocenters. The molecule has 1 aromatic heterocycles. The third-order valence-corrected chi connectivity index (χ3v) is 4.87. The van der Waals surface area contributed by atoms with E-state index in [1.807, 2.05) is 0 Å². The van der Waals surface area contributed by atoms with Gasteiger partial charge in [0.15, 0.2) is 11.8 Å². The van der Waals surface area contributed by atoms with Crippen LogP contribution in [0.2, 0.25) is 0 Å². The fraction of sp³-hybridized carbons (Fsp3) is 0.571. The molecule has 0 amide bonds. The number of hydrogen-bond acceptors (Lipinski definition) is 4. The van der Waals surface area contributed by atoms with Crippen LogP contribution in [0.4, 0.5) is 0 Å². The Hall–Kier alpha value is -1.64. The highest BCUT2D eigenvalue weighted by Gasteiger charge is 2.25. The van der Waals surface area contributed by atoms with Crippen LogP contribution in [0.1, 0.15) is 50.4 Å².